The van der Waals surface area contributed by atoms with Gasteiger partial charge in [-0.1, -0.05) is 18.5 Å². The van der Waals surface area contributed by atoms with E-state index in [1.165, 1.54) is 0 Å². The molecule has 2 rings (SSSR count). The molecular formula is C15H15ClIN3O. The van der Waals surface area contributed by atoms with Crippen LogP contribution in [0.1, 0.15) is 23.8 Å². The molecule has 0 spiro atoms. The first-order chi connectivity index (χ1) is 10.1. The molecule has 21 heavy (non-hydrogen) atoms. The van der Waals surface area contributed by atoms with Gasteiger partial charge in [0.1, 0.15) is 5.69 Å². The molecule has 0 aliphatic rings. The van der Waals surface area contributed by atoms with E-state index in [2.05, 4.69) is 45.1 Å². The Morgan fingerprint density at radius 3 is 2.76 bits per heavy atom. The third-order valence-electron chi connectivity index (χ3n) is 2.75. The molecule has 2 aromatic rings. The first-order valence-corrected chi connectivity index (χ1v) is 8.02. The highest BCUT2D eigenvalue weighted by molar-refractivity contribution is 14.1. The molecule has 0 fully saturated rings. The molecule has 0 saturated carbocycles. The lowest BCUT2D eigenvalue weighted by molar-refractivity contribution is 0.102. The van der Waals surface area contributed by atoms with Crippen LogP contribution in [0.5, 0.6) is 0 Å². The lowest BCUT2D eigenvalue weighted by Crippen LogP contribution is -2.14. The van der Waals surface area contributed by atoms with Crippen molar-refractivity contribution in [2.24, 2.45) is 0 Å². The number of nitrogens with one attached hydrogen (secondary N) is 2. The van der Waals surface area contributed by atoms with Crippen molar-refractivity contribution in [1.29, 1.82) is 0 Å². The monoisotopic (exact) mass is 415 g/mol. The van der Waals surface area contributed by atoms with Crippen LogP contribution in [0.4, 0.5) is 11.4 Å². The Morgan fingerprint density at radius 1 is 1.33 bits per heavy atom. The summed E-state index contributed by atoms with van der Waals surface area (Å²) < 4.78 is 0.884. The summed E-state index contributed by atoms with van der Waals surface area (Å²) in [6.45, 7) is 2.98. The number of benzene rings is 1. The Hall–Kier alpha value is -1.34. The topological polar surface area (TPSA) is 54.0 Å². The van der Waals surface area contributed by atoms with Gasteiger partial charge in [0.05, 0.1) is 17.6 Å². The number of aromatic nitrogens is 1. The fourth-order valence-corrected chi connectivity index (χ4v) is 2.69. The predicted molar refractivity (Wildman–Crippen MR) is 95.1 cm³/mol. The Morgan fingerprint density at radius 2 is 2.14 bits per heavy atom. The summed E-state index contributed by atoms with van der Waals surface area (Å²) >= 11 is 8.02. The van der Waals surface area contributed by atoms with E-state index >= 15 is 0 Å². The number of carbonyl (C=O) groups is 1. The van der Waals surface area contributed by atoms with Crippen molar-refractivity contribution in [2.75, 3.05) is 17.2 Å². The zero-order chi connectivity index (χ0) is 15.2. The molecule has 2 N–H and O–H groups in total. The molecule has 1 heterocycles. The Bertz CT molecular complexity index is 631. The highest BCUT2D eigenvalue weighted by atomic mass is 127. The lowest BCUT2D eigenvalue weighted by atomic mass is 10.3. The van der Waals surface area contributed by atoms with Crippen LogP contribution in [0.15, 0.2) is 36.5 Å². The van der Waals surface area contributed by atoms with Crippen LogP contribution in [-0.4, -0.2) is 17.4 Å². The SMILES string of the molecule is CCCNc1ccc(C(=O)Nc2ccc(Cl)cc2I)nc1. The van der Waals surface area contributed by atoms with Crippen molar-refractivity contribution >= 4 is 51.5 Å². The maximum Gasteiger partial charge on any atom is 0.274 e. The maximum absolute atomic E-state index is 12.1. The molecule has 4 nitrogen and oxygen atoms in total. The number of hydrogen-bond donors (Lipinski definition) is 2. The molecular weight excluding hydrogens is 401 g/mol. The molecule has 6 heteroatoms. The third kappa shape index (κ3) is 4.57. The van der Waals surface area contributed by atoms with E-state index in [0.29, 0.717) is 10.7 Å². The Kier molecular flexibility index (Phi) is 5.81. The van der Waals surface area contributed by atoms with Gasteiger partial charge in [-0.25, -0.2) is 4.98 Å². The summed E-state index contributed by atoms with van der Waals surface area (Å²) in [5.74, 6) is -0.239. The number of nitrogens with zero attached hydrogens (tertiary/aromatic N) is 1. The van der Waals surface area contributed by atoms with Crippen LogP contribution >= 0.6 is 34.2 Å². The van der Waals surface area contributed by atoms with Crippen molar-refractivity contribution in [3.63, 3.8) is 0 Å². The molecule has 1 aromatic heterocycles. The first-order valence-electron chi connectivity index (χ1n) is 6.56. The molecule has 0 atom stereocenters. The smallest absolute Gasteiger partial charge is 0.274 e. The molecule has 0 saturated heterocycles. The van der Waals surface area contributed by atoms with Crippen molar-refractivity contribution in [3.05, 3.63) is 50.8 Å². The molecule has 0 bridgehead atoms. The second-order valence-corrected chi connectivity index (χ2v) is 6.04. The summed E-state index contributed by atoms with van der Waals surface area (Å²) in [5.41, 5.74) is 2.01. The molecule has 0 aliphatic heterocycles. The summed E-state index contributed by atoms with van der Waals surface area (Å²) in [4.78, 5) is 16.3. The number of hydrogen-bond acceptors (Lipinski definition) is 3. The highest BCUT2D eigenvalue weighted by Crippen LogP contribution is 2.22. The van der Waals surface area contributed by atoms with Crippen molar-refractivity contribution in [1.82, 2.24) is 4.98 Å². The number of carbonyl (C=O) groups excluding carboxylic acids is 1. The fourth-order valence-electron chi connectivity index (χ4n) is 1.68. The van der Waals surface area contributed by atoms with E-state index in [4.69, 9.17) is 11.6 Å². The van der Waals surface area contributed by atoms with Crippen LogP contribution < -0.4 is 10.6 Å². The second kappa shape index (κ2) is 7.61. The van der Waals surface area contributed by atoms with Crippen LogP contribution in [0.2, 0.25) is 5.02 Å². The van der Waals surface area contributed by atoms with E-state index in [9.17, 15) is 4.79 Å². The molecule has 0 aliphatic carbocycles. The largest absolute Gasteiger partial charge is 0.384 e. The van der Waals surface area contributed by atoms with Gasteiger partial charge in [0.25, 0.3) is 5.91 Å². The molecule has 0 radical (unpaired) electrons. The standard InChI is InChI=1S/C15H15ClIN3O/c1-2-7-18-11-4-6-14(19-9-11)15(21)20-13-5-3-10(16)8-12(13)17/h3-6,8-9,18H,2,7H2,1H3,(H,20,21). The average molecular weight is 416 g/mol. The van der Waals surface area contributed by atoms with Crippen molar-refractivity contribution in [2.45, 2.75) is 13.3 Å². The molecule has 110 valence electrons. The van der Waals surface area contributed by atoms with E-state index < -0.39 is 0 Å². The van der Waals surface area contributed by atoms with Gasteiger partial charge in [-0.15, -0.1) is 0 Å². The normalized spacial score (nSPS) is 10.2. The van der Waals surface area contributed by atoms with E-state index in [1.54, 1.807) is 30.5 Å². The van der Waals surface area contributed by atoms with Crippen LogP contribution in [0.25, 0.3) is 0 Å². The lowest BCUT2D eigenvalue weighted by Gasteiger charge is -2.08. The first kappa shape index (κ1) is 16.0. The van der Waals surface area contributed by atoms with E-state index in [0.717, 1.165) is 27.9 Å². The summed E-state index contributed by atoms with van der Waals surface area (Å²) in [6.07, 6.45) is 2.70. The van der Waals surface area contributed by atoms with Crippen LogP contribution in [-0.2, 0) is 0 Å². The van der Waals surface area contributed by atoms with Gasteiger partial charge in [0.15, 0.2) is 0 Å². The minimum Gasteiger partial charge on any atom is -0.384 e. The minimum atomic E-state index is -0.239. The fraction of sp³-hybridized carbons (Fsp3) is 0.200. The molecule has 1 amide bonds. The van der Waals surface area contributed by atoms with E-state index in [-0.39, 0.29) is 5.91 Å². The minimum absolute atomic E-state index is 0.239. The Labute approximate surface area is 142 Å². The van der Waals surface area contributed by atoms with E-state index in [1.807, 2.05) is 6.07 Å². The second-order valence-electron chi connectivity index (χ2n) is 4.44. The highest BCUT2D eigenvalue weighted by Gasteiger charge is 2.09. The van der Waals surface area contributed by atoms with Gasteiger partial charge in [-0.2, -0.15) is 0 Å². The van der Waals surface area contributed by atoms with Crippen LogP contribution in [0.3, 0.4) is 0 Å². The molecule has 0 unspecified atom stereocenters. The van der Waals surface area contributed by atoms with Crippen molar-refractivity contribution < 1.29 is 4.79 Å². The van der Waals surface area contributed by atoms with Gasteiger partial charge >= 0.3 is 0 Å². The summed E-state index contributed by atoms with van der Waals surface area (Å²) in [7, 11) is 0. The maximum atomic E-state index is 12.1. The molecule has 1 aromatic carbocycles. The van der Waals surface area contributed by atoms with Crippen LogP contribution in [0, 0.1) is 3.57 Å². The zero-order valence-corrected chi connectivity index (χ0v) is 14.4. The number of halogens is 2. The van der Waals surface area contributed by atoms with Gasteiger partial charge in [0.2, 0.25) is 0 Å². The summed E-state index contributed by atoms with van der Waals surface area (Å²) in [6, 6.07) is 8.87. The zero-order valence-electron chi connectivity index (χ0n) is 11.5. The summed E-state index contributed by atoms with van der Waals surface area (Å²) in [5, 5.41) is 6.68. The number of anilines is 2. The number of amides is 1. The number of pyridine rings is 1. The van der Waals surface area contributed by atoms with Gasteiger partial charge in [-0.05, 0) is 59.3 Å². The van der Waals surface area contributed by atoms with Gasteiger partial charge in [-0.3, -0.25) is 4.79 Å². The third-order valence-corrected chi connectivity index (χ3v) is 3.88. The van der Waals surface area contributed by atoms with Crippen molar-refractivity contribution in [3.8, 4) is 0 Å². The predicted octanol–water partition coefficient (Wildman–Crippen LogP) is 4.41. The quantitative estimate of drug-likeness (QED) is 0.711. The van der Waals surface area contributed by atoms with Gasteiger partial charge < -0.3 is 10.6 Å². The average Bonchev–Trinajstić information content (AvgIpc) is 2.48. The number of rotatable bonds is 5. The van der Waals surface area contributed by atoms with Gasteiger partial charge in [0, 0.05) is 15.1 Å². The Balaban J connectivity index is 2.06.